The van der Waals surface area contributed by atoms with Crippen molar-refractivity contribution in [3.8, 4) is 0 Å². The van der Waals surface area contributed by atoms with Crippen molar-refractivity contribution in [1.29, 1.82) is 0 Å². The third kappa shape index (κ3) is 3.50. The van der Waals surface area contributed by atoms with Crippen molar-refractivity contribution in [3.63, 3.8) is 0 Å². The molecule has 1 N–H and O–H groups in total. The topological polar surface area (TPSA) is 61.8 Å². The second kappa shape index (κ2) is 6.48. The Hall–Kier alpha value is -1.61. The van der Waals surface area contributed by atoms with Gasteiger partial charge in [-0.2, -0.15) is 0 Å². The van der Waals surface area contributed by atoms with Gasteiger partial charge in [-0.1, -0.05) is 17.7 Å². The van der Waals surface area contributed by atoms with E-state index >= 15 is 0 Å². The Morgan fingerprint density at radius 2 is 1.74 bits per heavy atom. The SMILES string of the molecule is Cc1ccc(S(=O)(=O)N2CCN=C2Nc2ccc(I)cc2)cc1. The molecule has 2 aromatic carbocycles. The van der Waals surface area contributed by atoms with Gasteiger partial charge in [-0.25, -0.2) is 12.7 Å². The van der Waals surface area contributed by atoms with Crippen LogP contribution in [-0.4, -0.2) is 31.8 Å². The Kier molecular flexibility index (Phi) is 4.58. The normalized spacial score (nSPS) is 14.7. The third-order valence-electron chi connectivity index (χ3n) is 3.51. The van der Waals surface area contributed by atoms with Gasteiger partial charge in [0.1, 0.15) is 0 Å². The number of hydrogen-bond donors (Lipinski definition) is 1. The number of aliphatic imine (C=N–C) groups is 1. The Bertz CT molecular complexity index is 831. The molecular weight excluding hydrogens is 425 g/mol. The predicted molar refractivity (Wildman–Crippen MR) is 100 cm³/mol. The summed E-state index contributed by atoms with van der Waals surface area (Å²) < 4.78 is 28.1. The highest BCUT2D eigenvalue weighted by molar-refractivity contribution is 14.1. The molecule has 0 aromatic heterocycles. The van der Waals surface area contributed by atoms with Crippen molar-refractivity contribution in [1.82, 2.24) is 4.31 Å². The van der Waals surface area contributed by atoms with Gasteiger partial charge < -0.3 is 5.32 Å². The molecular formula is C16H16IN3O2S. The van der Waals surface area contributed by atoms with E-state index in [4.69, 9.17) is 0 Å². The predicted octanol–water partition coefficient (Wildman–Crippen LogP) is 3.07. The second-order valence-electron chi connectivity index (χ2n) is 5.23. The average Bonchev–Trinajstić information content (AvgIpc) is 2.99. The minimum absolute atomic E-state index is 0.280. The largest absolute Gasteiger partial charge is 0.325 e. The lowest BCUT2D eigenvalue weighted by atomic mass is 10.2. The van der Waals surface area contributed by atoms with Crippen LogP contribution in [0.4, 0.5) is 5.69 Å². The van der Waals surface area contributed by atoms with E-state index in [-0.39, 0.29) is 4.90 Å². The summed E-state index contributed by atoms with van der Waals surface area (Å²) in [6.45, 7) is 2.73. The van der Waals surface area contributed by atoms with Crippen LogP contribution in [0.25, 0.3) is 0 Å². The number of benzene rings is 2. The molecule has 1 aliphatic rings. The number of nitrogens with one attached hydrogen (secondary N) is 1. The molecule has 0 atom stereocenters. The molecule has 5 nitrogen and oxygen atoms in total. The fourth-order valence-electron chi connectivity index (χ4n) is 2.27. The molecule has 0 radical (unpaired) electrons. The zero-order valence-corrected chi connectivity index (χ0v) is 15.5. The summed E-state index contributed by atoms with van der Waals surface area (Å²) in [5, 5.41) is 3.10. The maximum atomic E-state index is 12.8. The number of hydrogen-bond acceptors (Lipinski definition) is 4. The van der Waals surface area contributed by atoms with E-state index in [1.807, 2.05) is 31.2 Å². The van der Waals surface area contributed by atoms with Crippen LogP contribution in [0, 0.1) is 10.5 Å². The molecule has 0 saturated heterocycles. The van der Waals surface area contributed by atoms with Gasteiger partial charge in [0.25, 0.3) is 10.0 Å². The highest BCUT2D eigenvalue weighted by Crippen LogP contribution is 2.21. The van der Waals surface area contributed by atoms with Crippen molar-refractivity contribution in [2.75, 3.05) is 18.4 Å². The van der Waals surface area contributed by atoms with Gasteiger partial charge in [-0.05, 0) is 65.9 Å². The molecule has 1 heterocycles. The quantitative estimate of drug-likeness (QED) is 0.745. The summed E-state index contributed by atoms with van der Waals surface area (Å²) >= 11 is 2.22. The van der Waals surface area contributed by atoms with Crippen molar-refractivity contribution in [2.45, 2.75) is 11.8 Å². The Labute approximate surface area is 149 Å². The van der Waals surface area contributed by atoms with Crippen LogP contribution < -0.4 is 5.32 Å². The minimum Gasteiger partial charge on any atom is -0.325 e. The Balaban J connectivity index is 1.85. The first kappa shape index (κ1) is 16.3. The molecule has 0 saturated carbocycles. The van der Waals surface area contributed by atoms with Crippen LogP contribution in [0.1, 0.15) is 5.56 Å². The maximum Gasteiger partial charge on any atom is 0.266 e. The van der Waals surface area contributed by atoms with Crippen LogP contribution >= 0.6 is 22.6 Å². The summed E-state index contributed by atoms with van der Waals surface area (Å²) in [7, 11) is -3.59. The zero-order valence-electron chi connectivity index (χ0n) is 12.5. The van der Waals surface area contributed by atoms with Crippen LogP contribution in [0.5, 0.6) is 0 Å². The van der Waals surface area contributed by atoms with Crippen LogP contribution in [-0.2, 0) is 10.0 Å². The first-order valence-corrected chi connectivity index (χ1v) is 9.65. The highest BCUT2D eigenvalue weighted by atomic mass is 127. The summed E-state index contributed by atoms with van der Waals surface area (Å²) in [4.78, 5) is 4.57. The number of aryl methyl sites for hydroxylation is 1. The van der Waals surface area contributed by atoms with Crippen molar-refractivity contribution in [3.05, 3.63) is 57.7 Å². The summed E-state index contributed by atoms with van der Waals surface area (Å²) in [5.74, 6) is 0.367. The van der Waals surface area contributed by atoms with Crippen molar-refractivity contribution in [2.24, 2.45) is 4.99 Å². The van der Waals surface area contributed by atoms with Crippen LogP contribution in [0.3, 0.4) is 0 Å². The molecule has 0 spiro atoms. The van der Waals surface area contributed by atoms with E-state index in [2.05, 4.69) is 32.9 Å². The number of nitrogens with zero attached hydrogens (tertiary/aromatic N) is 2. The molecule has 120 valence electrons. The van der Waals surface area contributed by atoms with Gasteiger partial charge in [-0.15, -0.1) is 0 Å². The number of halogens is 1. The van der Waals surface area contributed by atoms with Gasteiger partial charge in [0.15, 0.2) is 0 Å². The molecule has 0 fully saturated rings. The van der Waals surface area contributed by atoms with E-state index in [0.717, 1.165) is 14.8 Å². The molecule has 2 aromatic rings. The summed E-state index contributed by atoms with van der Waals surface area (Å²) in [6, 6.07) is 14.6. The number of guanidine groups is 1. The average molecular weight is 441 g/mol. The molecule has 3 rings (SSSR count). The number of sulfonamides is 1. The lowest BCUT2D eigenvalue weighted by molar-refractivity contribution is 0.537. The van der Waals surface area contributed by atoms with E-state index in [9.17, 15) is 8.42 Å². The van der Waals surface area contributed by atoms with Gasteiger partial charge in [0.2, 0.25) is 5.96 Å². The van der Waals surface area contributed by atoms with Gasteiger partial charge in [0.05, 0.1) is 18.0 Å². The fourth-order valence-corrected chi connectivity index (χ4v) is 4.01. The molecule has 1 aliphatic heterocycles. The lowest BCUT2D eigenvalue weighted by Gasteiger charge is -2.21. The number of anilines is 1. The van der Waals surface area contributed by atoms with E-state index in [1.165, 1.54) is 4.31 Å². The molecule has 7 heteroatoms. The first-order valence-electron chi connectivity index (χ1n) is 7.13. The molecule has 23 heavy (non-hydrogen) atoms. The van der Waals surface area contributed by atoms with Gasteiger partial charge in [0, 0.05) is 9.26 Å². The Morgan fingerprint density at radius 1 is 1.09 bits per heavy atom. The number of rotatable bonds is 3. The second-order valence-corrected chi connectivity index (χ2v) is 8.34. The zero-order chi connectivity index (χ0) is 16.4. The maximum absolute atomic E-state index is 12.8. The Morgan fingerprint density at radius 3 is 2.39 bits per heavy atom. The van der Waals surface area contributed by atoms with Gasteiger partial charge >= 0.3 is 0 Å². The minimum atomic E-state index is -3.59. The molecule has 0 bridgehead atoms. The molecule has 0 amide bonds. The fraction of sp³-hybridized carbons (Fsp3) is 0.188. The smallest absolute Gasteiger partial charge is 0.266 e. The van der Waals surface area contributed by atoms with Crippen LogP contribution in [0.2, 0.25) is 0 Å². The van der Waals surface area contributed by atoms with Crippen molar-refractivity contribution >= 4 is 44.3 Å². The van der Waals surface area contributed by atoms with Crippen molar-refractivity contribution < 1.29 is 8.42 Å². The van der Waals surface area contributed by atoms with Gasteiger partial charge in [-0.3, -0.25) is 4.99 Å². The lowest BCUT2D eigenvalue weighted by Crippen LogP contribution is -2.38. The summed E-state index contributed by atoms with van der Waals surface area (Å²) in [5.41, 5.74) is 1.84. The molecule has 0 aliphatic carbocycles. The van der Waals surface area contributed by atoms with E-state index < -0.39 is 10.0 Å². The molecule has 0 unspecified atom stereocenters. The monoisotopic (exact) mass is 441 g/mol. The standard InChI is InChI=1S/C16H16IN3O2S/c1-12-2-8-15(9-3-12)23(21,22)20-11-10-18-16(20)19-14-6-4-13(17)5-7-14/h2-9H,10-11H2,1H3,(H,18,19). The highest BCUT2D eigenvalue weighted by Gasteiger charge is 2.30. The van der Waals surface area contributed by atoms with Crippen LogP contribution in [0.15, 0.2) is 58.4 Å². The van der Waals surface area contributed by atoms with E-state index in [1.54, 1.807) is 24.3 Å². The summed E-state index contributed by atoms with van der Waals surface area (Å²) in [6.07, 6.45) is 0. The first-order chi connectivity index (χ1) is 11.0. The third-order valence-corrected chi connectivity index (χ3v) is 6.03. The van der Waals surface area contributed by atoms with E-state index in [0.29, 0.717) is 19.0 Å².